The van der Waals surface area contributed by atoms with Crippen molar-refractivity contribution in [3.63, 3.8) is 0 Å². The summed E-state index contributed by atoms with van der Waals surface area (Å²) in [6.07, 6.45) is -1.35. The number of rotatable bonds is 3. The van der Waals surface area contributed by atoms with Gasteiger partial charge in [-0.05, 0) is 6.42 Å². The van der Waals surface area contributed by atoms with Crippen LogP contribution in [0.25, 0.3) is 0 Å². The molecule has 61 valence electrons. The van der Waals surface area contributed by atoms with Crippen LogP contribution in [0.4, 0.5) is 0 Å². The molecule has 0 aromatic heterocycles. The minimum absolute atomic E-state index is 0. The Bertz CT molecular complexity index is 80.2. The molecule has 1 N–H and O–H groups in total. The predicted octanol–water partition coefficient (Wildman–Crippen LogP) is -3.12. The number of hydrogen-bond donors (Lipinski definition) is 1. The van der Waals surface area contributed by atoms with Gasteiger partial charge in [-0.2, -0.15) is 0 Å². The fourth-order valence-electron chi connectivity index (χ4n) is 0.450. The maximum absolute atomic E-state index is 9.83. The first-order valence-electron chi connectivity index (χ1n) is 2.77. The van der Waals surface area contributed by atoms with Gasteiger partial charge in [0.2, 0.25) is 0 Å². The van der Waals surface area contributed by atoms with E-state index in [2.05, 4.69) is 0 Å². The van der Waals surface area contributed by atoms with Gasteiger partial charge in [-0.1, -0.05) is 13.3 Å². The molecule has 0 saturated heterocycles. The molecular formula is C5H9O4Ru. The van der Waals surface area contributed by atoms with Crippen LogP contribution < -0.4 is 15.3 Å². The minimum Gasteiger partial charge on any atom is -0.875 e. The van der Waals surface area contributed by atoms with Crippen molar-refractivity contribution >= 4 is 0 Å². The monoisotopic (exact) mass is 235 g/mol. The molecule has 0 rings (SSSR count). The van der Waals surface area contributed by atoms with Crippen molar-refractivity contribution < 1.29 is 39.9 Å². The van der Waals surface area contributed by atoms with Gasteiger partial charge in [0.05, 0.1) is 0 Å². The Morgan fingerprint density at radius 2 is 1.80 bits per heavy atom. The first-order chi connectivity index (χ1) is 3.98. The normalized spacial score (nSPS) is 14.1. The van der Waals surface area contributed by atoms with Crippen LogP contribution in [0.2, 0.25) is 0 Å². The minimum atomic E-state index is -3.68. The molecule has 0 bridgehead atoms. The van der Waals surface area contributed by atoms with Crippen LogP contribution in [0.5, 0.6) is 0 Å². The van der Waals surface area contributed by atoms with E-state index in [1.165, 1.54) is 0 Å². The van der Waals surface area contributed by atoms with Crippen molar-refractivity contribution in [2.75, 3.05) is 0 Å². The molecule has 0 heterocycles. The predicted molar refractivity (Wildman–Crippen MR) is 23.6 cm³/mol. The fraction of sp³-hybridized carbons (Fsp3) is 1.00. The van der Waals surface area contributed by atoms with Crippen molar-refractivity contribution in [1.29, 1.82) is 0 Å². The summed E-state index contributed by atoms with van der Waals surface area (Å²) >= 11 is 0. The van der Waals surface area contributed by atoms with Crippen molar-refractivity contribution in [3.05, 3.63) is 0 Å². The van der Waals surface area contributed by atoms with E-state index in [1.807, 2.05) is 0 Å². The van der Waals surface area contributed by atoms with E-state index in [0.717, 1.165) is 0 Å². The first kappa shape index (κ1) is 13.1. The van der Waals surface area contributed by atoms with Crippen LogP contribution >= 0.6 is 0 Å². The van der Waals surface area contributed by atoms with Gasteiger partial charge in [0.1, 0.15) is 0 Å². The van der Waals surface area contributed by atoms with E-state index in [0.29, 0.717) is 6.42 Å². The fourth-order valence-corrected chi connectivity index (χ4v) is 0.450. The Labute approximate surface area is 72.3 Å². The van der Waals surface area contributed by atoms with Crippen molar-refractivity contribution in [1.82, 2.24) is 0 Å². The summed E-state index contributed by atoms with van der Waals surface area (Å²) in [4.78, 5) is 0. The molecule has 1 unspecified atom stereocenters. The SMILES string of the molecule is CCCC(O)C([O-])([O-])[O-].[Ru+3]. The van der Waals surface area contributed by atoms with E-state index in [1.54, 1.807) is 6.92 Å². The third kappa shape index (κ3) is 5.26. The van der Waals surface area contributed by atoms with Gasteiger partial charge in [0.25, 0.3) is 0 Å². The molecule has 4 nitrogen and oxygen atoms in total. The van der Waals surface area contributed by atoms with E-state index in [9.17, 15) is 15.3 Å². The first-order valence-corrected chi connectivity index (χ1v) is 2.77. The number of hydrogen-bond acceptors (Lipinski definition) is 4. The smallest absolute Gasteiger partial charge is 0.875 e. The second-order valence-electron chi connectivity index (χ2n) is 1.91. The molecule has 1 radical (unpaired) electrons. The van der Waals surface area contributed by atoms with Crippen molar-refractivity contribution in [3.8, 4) is 0 Å². The molecule has 10 heavy (non-hydrogen) atoms. The second-order valence-corrected chi connectivity index (χ2v) is 1.91. The standard InChI is InChI=1S/C5H9O4.Ru/c1-2-3-4(6)5(7,8)9;/h4,6H,2-3H2,1H3;/q-3;+3. The quantitative estimate of drug-likeness (QED) is 0.413. The van der Waals surface area contributed by atoms with Crippen LogP contribution in [0.1, 0.15) is 19.8 Å². The van der Waals surface area contributed by atoms with E-state index >= 15 is 0 Å². The molecule has 0 aromatic rings. The molecule has 0 aromatic carbocycles. The Morgan fingerprint density at radius 3 is 1.90 bits per heavy atom. The molecule has 0 saturated carbocycles. The van der Waals surface area contributed by atoms with Crippen LogP contribution in [0, 0.1) is 0 Å². The van der Waals surface area contributed by atoms with Gasteiger partial charge in [-0.3, -0.25) is 5.97 Å². The van der Waals surface area contributed by atoms with Gasteiger partial charge in [-0.25, -0.2) is 0 Å². The van der Waals surface area contributed by atoms with Crippen molar-refractivity contribution in [2.24, 2.45) is 0 Å². The Kier molecular flexibility index (Phi) is 6.75. The van der Waals surface area contributed by atoms with Gasteiger partial charge in [0, 0.05) is 6.10 Å². The second kappa shape index (κ2) is 5.16. The van der Waals surface area contributed by atoms with Crippen LogP contribution in [-0.2, 0) is 19.5 Å². The van der Waals surface area contributed by atoms with E-state index in [4.69, 9.17) is 5.11 Å². The zero-order valence-corrected chi connectivity index (χ0v) is 7.26. The molecule has 5 heteroatoms. The van der Waals surface area contributed by atoms with E-state index in [-0.39, 0.29) is 25.9 Å². The molecular weight excluding hydrogens is 225 g/mol. The average molecular weight is 234 g/mol. The molecule has 1 atom stereocenters. The molecule has 0 spiro atoms. The number of aliphatic hydroxyl groups is 1. The summed E-state index contributed by atoms with van der Waals surface area (Å²) in [6.45, 7) is 1.68. The number of aliphatic hydroxyl groups excluding tert-OH is 1. The Hall–Kier alpha value is 0.463. The maximum Gasteiger partial charge on any atom is 3.00 e. The largest absolute Gasteiger partial charge is 3.00 e. The van der Waals surface area contributed by atoms with Crippen molar-refractivity contribution in [2.45, 2.75) is 31.8 Å². The average Bonchev–Trinajstić information content (AvgIpc) is 1.64. The summed E-state index contributed by atoms with van der Waals surface area (Å²) in [5.74, 6) is -3.68. The molecule has 0 aliphatic rings. The zero-order chi connectivity index (χ0) is 7.49. The van der Waals surface area contributed by atoms with Gasteiger partial charge < -0.3 is 20.4 Å². The topological polar surface area (TPSA) is 89.4 Å². The Balaban J connectivity index is 0. The van der Waals surface area contributed by atoms with Crippen LogP contribution in [0.3, 0.4) is 0 Å². The summed E-state index contributed by atoms with van der Waals surface area (Å²) in [6, 6.07) is 0. The summed E-state index contributed by atoms with van der Waals surface area (Å²) in [5.41, 5.74) is 0. The zero-order valence-electron chi connectivity index (χ0n) is 5.52. The molecule has 0 fully saturated rings. The van der Waals surface area contributed by atoms with Gasteiger partial charge in [-0.15, -0.1) is 0 Å². The summed E-state index contributed by atoms with van der Waals surface area (Å²) in [7, 11) is 0. The van der Waals surface area contributed by atoms with Gasteiger partial charge in [0.15, 0.2) is 0 Å². The van der Waals surface area contributed by atoms with E-state index < -0.39 is 12.1 Å². The molecule has 0 aliphatic carbocycles. The Morgan fingerprint density at radius 1 is 1.40 bits per heavy atom. The molecule has 0 aliphatic heterocycles. The third-order valence-electron chi connectivity index (χ3n) is 0.970. The van der Waals surface area contributed by atoms with Crippen LogP contribution in [0.15, 0.2) is 0 Å². The third-order valence-corrected chi connectivity index (χ3v) is 0.970. The van der Waals surface area contributed by atoms with Crippen LogP contribution in [-0.4, -0.2) is 17.2 Å². The summed E-state index contributed by atoms with van der Waals surface area (Å²) in [5, 5.41) is 37.9. The van der Waals surface area contributed by atoms with Gasteiger partial charge >= 0.3 is 19.5 Å². The maximum atomic E-state index is 9.83. The summed E-state index contributed by atoms with van der Waals surface area (Å²) < 4.78 is 0. The molecule has 0 amide bonds.